The Hall–Kier alpha value is -2.60. The minimum atomic E-state index is -0.478. The van der Waals surface area contributed by atoms with Gasteiger partial charge in [-0.25, -0.2) is 0 Å². The van der Waals surface area contributed by atoms with Crippen molar-refractivity contribution in [2.45, 2.75) is 24.9 Å². The quantitative estimate of drug-likeness (QED) is 0.907. The summed E-state index contributed by atoms with van der Waals surface area (Å²) in [5.41, 5.74) is 2.97. The Labute approximate surface area is 152 Å². The van der Waals surface area contributed by atoms with Crippen LogP contribution in [0.4, 0.5) is 0 Å². The average Bonchev–Trinajstić information content (AvgIpc) is 3.14. The van der Waals surface area contributed by atoms with Crippen molar-refractivity contribution in [3.63, 3.8) is 0 Å². The van der Waals surface area contributed by atoms with Crippen LogP contribution >= 0.6 is 0 Å². The first-order chi connectivity index (χ1) is 12.7. The van der Waals surface area contributed by atoms with E-state index in [1.165, 1.54) is 0 Å². The van der Waals surface area contributed by atoms with Gasteiger partial charge in [0.2, 0.25) is 18.3 Å². The summed E-state index contributed by atoms with van der Waals surface area (Å²) in [5.74, 6) is 3.13. The summed E-state index contributed by atoms with van der Waals surface area (Å²) in [6.07, 6.45) is 0.602. The Morgan fingerprint density at radius 2 is 1.58 bits per heavy atom. The third-order valence-corrected chi connectivity index (χ3v) is 5.09. The van der Waals surface area contributed by atoms with Gasteiger partial charge in [0.05, 0.1) is 27.4 Å². The summed E-state index contributed by atoms with van der Waals surface area (Å²) in [4.78, 5) is 0. The number of hydrogen-bond acceptors (Lipinski definition) is 6. The van der Waals surface area contributed by atoms with E-state index in [4.69, 9.17) is 23.7 Å². The number of methoxy groups -OCH3 is 3. The second-order valence-electron chi connectivity index (χ2n) is 6.44. The van der Waals surface area contributed by atoms with E-state index in [0.717, 1.165) is 22.4 Å². The topological polar surface area (TPSA) is 66.4 Å². The van der Waals surface area contributed by atoms with E-state index in [1.54, 1.807) is 21.3 Å². The van der Waals surface area contributed by atoms with Crippen LogP contribution in [0.1, 0.15) is 29.0 Å². The van der Waals surface area contributed by atoms with Gasteiger partial charge in [-0.1, -0.05) is 12.1 Å². The lowest BCUT2D eigenvalue weighted by molar-refractivity contribution is 0.149. The Morgan fingerprint density at radius 1 is 0.923 bits per heavy atom. The summed E-state index contributed by atoms with van der Waals surface area (Å²) in [5, 5.41) is 10.5. The highest BCUT2D eigenvalue weighted by Crippen LogP contribution is 2.57. The molecule has 0 amide bonds. The molecule has 4 rings (SSSR count). The van der Waals surface area contributed by atoms with Gasteiger partial charge in [0, 0.05) is 23.5 Å². The molecule has 0 saturated heterocycles. The molecule has 0 bridgehead atoms. The van der Waals surface area contributed by atoms with Crippen LogP contribution in [0.25, 0.3) is 0 Å². The number of benzene rings is 2. The molecule has 2 atom stereocenters. The van der Waals surface area contributed by atoms with E-state index in [9.17, 15) is 5.11 Å². The SMILES string of the molecule is COc1ccc([C@H]2C[C@H](O)Cc3c(OC)c4c(c(OC)c32)OCO4)cc1. The number of rotatable bonds is 4. The smallest absolute Gasteiger partial charge is 0.231 e. The third-order valence-electron chi connectivity index (χ3n) is 5.09. The molecule has 0 aromatic heterocycles. The molecule has 2 aromatic carbocycles. The predicted octanol–water partition coefficient (Wildman–Crippen LogP) is 2.88. The Kier molecular flexibility index (Phi) is 4.28. The Balaban J connectivity index is 1.93. The van der Waals surface area contributed by atoms with Crippen LogP contribution in [0, 0.1) is 0 Å². The molecule has 138 valence electrons. The number of ether oxygens (including phenoxy) is 5. The summed E-state index contributed by atoms with van der Waals surface area (Å²) in [6, 6.07) is 7.88. The van der Waals surface area contributed by atoms with Gasteiger partial charge in [-0.05, 0) is 24.1 Å². The summed E-state index contributed by atoms with van der Waals surface area (Å²) >= 11 is 0. The van der Waals surface area contributed by atoms with Crippen LogP contribution in [0.2, 0.25) is 0 Å². The number of aliphatic hydroxyl groups excluding tert-OH is 1. The maximum absolute atomic E-state index is 10.5. The number of aliphatic hydroxyl groups is 1. The average molecular weight is 358 g/mol. The van der Waals surface area contributed by atoms with Gasteiger partial charge in [0.1, 0.15) is 5.75 Å². The van der Waals surface area contributed by atoms with E-state index >= 15 is 0 Å². The molecule has 26 heavy (non-hydrogen) atoms. The van der Waals surface area contributed by atoms with Crippen molar-refractivity contribution in [3.8, 4) is 28.7 Å². The van der Waals surface area contributed by atoms with Gasteiger partial charge in [0.25, 0.3) is 0 Å². The molecule has 1 aliphatic carbocycles. The first-order valence-electron chi connectivity index (χ1n) is 8.56. The van der Waals surface area contributed by atoms with Gasteiger partial charge in [-0.2, -0.15) is 0 Å². The predicted molar refractivity (Wildman–Crippen MR) is 94.8 cm³/mol. The lowest BCUT2D eigenvalue weighted by Gasteiger charge is -2.32. The molecule has 0 unspecified atom stereocenters. The monoisotopic (exact) mass is 358 g/mol. The normalized spacial score (nSPS) is 20.5. The zero-order valence-corrected chi connectivity index (χ0v) is 15.1. The molecule has 1 heterocycles. The van der Waals surface area contributed by atoms with Crippen LogP contribution in [-0.2, 0) is 6.42 Å². The fourth-order valence-electron chi connectivity index (χ4n) is 3.97. The van der Waals surface area contributed by atoms with Crippen molar-refractivity contribution < 1.29 is 28.8 Å². The number of hydrogen-bond donors (Lipinski definition) is 1. The van der Waals surface area contributed by atoms with E-state index in [0.29, 0.717) is 35.8 Å². The molecular formula is C20H22O6. The van der Waals surface area contributed by atoms with Gasteiger partial charge >= 0.3 is 0 Å². The molecule has 0 radical (unpaired) electrons. The minimum Gasteiger partial charge on any atom is -0.497 e. The highest BCUT2D eigenvalue weighted by Gasteiger charge is 2.38. The zero-order valence-electron chi connectivity index (χ0n) is 15.1. The first-order valence-corrected chi connectivity index (χ1v) is 8.56. The van der Waals surface area contributed by atoms with E-state index < -0.39 is 6.10 Å². The Morgan fingerprint density at radius 3 is 2.19 bits per heavy atom. The maximum atomic E-state index is 10.5. The zero-order chi connectivity index (χ0) is 18.3. The molecule has 2 aromatic rings. The lowest BCUT2D eigenvalue weighted by Crippen LogP contribution is -2.25. The first kappa shape index (κ1) is 16.8. The molecule has 0 saturated carbocycles. The van der Waals surface area contributed by atoms with Crippen LogP contribution in [-0.4, -0.2) is 39.3 Å². The molecule has 6 heteroatoms. The van der Waals surface area contributed by atoms with Crippen molar-refractivity contribution >= 4 is 0 Å². The number of fused-ring (bicyclic) bond motifs is 2. The van der Waals surface area contributed by atoms with Crippen molar-refractivity contribution in [1.29, 1.82) is 0 Å². The third kappa shape index (κ3) is 2.52. The molecule has 0 spiro atoms. The van der Waals surface area contributed by atoms with Gasteiger partial charge in [-0.3, -0.25) is 0 Å². The highest BCUT2D eigenvalue weighted by atomic mass is 16.7. The van der Waals surface area contributed by atoms with Crippen molar-refractivity contribution in [2.75, 3.05) is 28.1 Å². The van der Waals surface area contributed by atoms with Crippen LogP contribution in [0.15, 0.2) is 24.3 Å². The lowest BCUT2D eigenvalue weighted by atomic mass is 9.76. The van der Waals surface area contributed by atoms with Crippen molar-refractivity contribution in [2.24, 2.45) is 0 Å². The molecular weight excluding hydrogens is 336 g/mol. The van der Waals surface area contributed by atoms with Gasteiger partial charge < -0.3 is 28.8 Å². The highest BCUT2D eigenvalue weighted by molar-refractivity contribution is 5.70. The van der Waals surface area contributed by atoms with E-state index in [-0.39, 0.29) is 12.7 Å². The fourth-order valence-corrected chi connectivity index (χ4v) is 3.97. The molecule has 2 aliphatic rings. The van der Waals surface area contributed by atoms with Gasteiger partial charge in [0.15, 0.2) is 11.5 Å². The van der Waals surface area contributed by atoms with Crippen molar-refractivity contribution in [3.05, 3.63) is 41.0 Å². The second-order valence-corrected chi connectivity index (χ2v) is 6.44. The van der Waals surface area contributed by atoms with Gasteiger partial charge in [-0.15, -0.1) is 0 Å². The van der Waals surface area contributed by atoms with Crippen molar-refractivity contribution in [1.82, 2.24) is 0 Å². The van der Waals surface area contributed by atoms with Crippen LogP contribution in [0.3, 0.4) is 0 Å². The molecule has 1 N–H and O–H groups in total. The fraction of sp³-hybridized carbons (Fsp3) is 0.400. The summed E-state index contributed by atoms with van der Waals surface area (Å²) in [6.45, 7) is 0.126. The summed E-state index contributed by atoms with van der Waals surface area (Å²) < 4.78 is 27.9. The summed E-state index contributed by atoms with van der Waals surface area (Å²) in [7, 11) is 4.87. The minimum absolute atomic E-state index is 0.0435. The maximum Gasteiger partial charge on any atom is 0.231 e. The molecule has 1 aliphatic heterocycles. The van der Waals surface area contributed by atoms with Crippen LogP contribution < -0.4 is 23.7 Å². The Bertz CT molecular complexity index is 814. The molecule has 0 fully saturated rings. The van der Waals surface area contributed by atoms with E-state index in [2.05, 4.69) is 0 Å². The standard InChI is InChI=1S/C20H22O6/c1-22-13-6-4-11(5-7-13)14-8-12(21)9-15-16(14)18(24-3)20-19(17(15)23-2)25-10-26-20/h4-7,12,14,21H,8-10H2,1-3H3/t12-,14+/m0/s1. The second kappa shape index (κ2) is 6.61. The van der Waals surface area contributed by atoms with Crippen LogP contribution in [0.5, 0.6) is 28.7 Å². The molecule has 6 nitrogen and oxygen atoms in total. The van der Waals surface area contributed by atoms with E-state index in [1.807, 2.05) is 24.3 Å². The largest absolute Gasteiger partial charge is 0.497 e.